The highest BCUT2D eigenvalue weighted by molar-refractivity contribution is 9.11. The second-order valence-corrected chi connectivity index (χ2v) is 7.48. The molecule has 0 aliphatic carbocycles. The number of amides is 1. The standard InChI is InChI=1S/C15H25BrN2O5/c1-15(2,3)23-14(21)17-12(13(19)20)8-18-7-10(16)5-6-11(18)9-22-4/h5,11-12H,6-9H2,1-4H3,(H,17,21)(H,19,20)/t11-,12+/m1/s1. The van der Waals surface area contributed by atoms with Gasteiger partial charge in [-0.05, 0) is 27.2 Å². The van der Waals surface area contributed by atoms with Crippen LogP contribution in [-0.2, 0) is 14.3 Å². The summed E-state index contributed by atoms with van der Waals surface area (Å²) >= 11 is 3.44. The van der Waals surface area contributed by atoms with Crippen molar-refractivity contribution in [1.82, 2.24) is 10.2 Å². The van der Waals surface area contributed by atoms with Gasteiger partial charge in [0.25, 0.3) is 0 Å². The Labute approximate surface area is 145 Å². The Bertz CT molecular complexity index is 461. The van der Waals surface area contributed by atoms with Gasteiger partial charge in [-0.2, -0.15) is 0 Å². The predicted octanol–water partition coefficient (Wildman–Crippen LogP) is 1.96. The van der Waals surface area contributed by atoms with Gasteiger partial charge in [-0.15, -0.1) is 0 Å². The summed E-state index contributed by atoms with van der Waals surface area (Å²) in [7, 11) is 1.61. The second kappa shape index (κ2) is 8.65. The Hall–Kier alpha value is -1.12. The molecule has 0 aromatic carbocycles. The van der Waals surface area contributed by atoms with Crippen molar-refractivity contribution >= 4 is 28.0 Å². The highest BCUT2D eigenvalue weighted by Gasteiger charge is 2.30. The molecule has 23 heavy (non-hydrogen) atoms. The summed E-state index contributed by atoms with van der Waals surface area (Å²) in [5.41, 5.74) is -0.678. The first-order valence-corrected chi connectivity index (χ1v) is 8.21. The van der Waals surface area contributed by atoms with Crippen LogP contribution >= 0.6 is 15.9 Å². The molecule has 2 atom stereocenters. The van der Waals surface area contributed by atoms with E-state index in [2.05, 4.69) is 27.3 Å². The second-order valence-electron chi connectivity index (χ2n) is 6.46. The number of carbonyl (C=O) groups excluding carboxylic acids is 1. The monoisotopic (exact) mass is 392 g/mol. The van der Waals surface area contributed by atoms with Crippen LogP contribution in [0.5, 0.6) is 0 Å². The minimum atomic E-state index is -1.10. The number of hydrogen-bond acceptors (Lipinski definition) is 5. The molecule has 132 valence electrons. The third-order valence-electron chi connectivity index (χ3n) is 3.25. The highest BCUT2D eigenvalue weighted by Crippen LogP contribution is 2.21. The number of nitrogens with zero attached hydrogens (tertiary/aromatic N) is 1. The summed E-state index contributed by atoms with van der Waals surface area (Å²) in [5, 5.41) is 11.8. The van der Waals surface area contributed by atoms with Crippen LogP contribution < -0.4 is 5.32 Å². The first-order chi connectivity index (χ1) is 10.6. The summed E-state index contributed by atoms with van der Waals surface area (Å²) in [6, 6.07) is -0.980. The van der Waals surface area contributed by atoms with Crippen LogP contribution in [0.1, 0.15) is 27.2 Å². The number of nitrogens with one attached hydrogen (secondary N) is 1. The van der Waals surface area contributed by atoms with E-state index in [-0.39, 0.29) is 12.6 Å². The number of alkyl carbamates (subject to hydrolysis) is 1. The van der Waals surface area contributed by atoms with Crippen LogP contribution in [0.4, 0.5) is 4.79 Å². The summed E-state index contributed by atoms with van der Waals surface area (Å²) < 4.78 is 11.3. The predicted molar refractivity (Wildman–Crippen MR) is 89.7 cm³/mol. The van der Waals surface area contributed by atoms with Crippen molar-refractivity contribution in [2.45, 2.75) is 44.9 Å². The van der Waals surface area contributed by atoms with E-state index in [9.17, 15) is 14.7 Å². The lowest BCUT2D eigenvalue weighted by Crippen LogP contribution is -2.53. The van der Waals surface area contributed by atoms with E-state index in [0.717, 1.165) is 10.9 Å². The molecule has 7 nitrogen and oxygen atoms in total. The first kappa shape index (κ1) is 19.9. The molecule has 0 saturated carbocycles. The zero-order chi connectivity index (χ0) is 17.6. The topological polar surface area (TPSA) is 88.1 Å². The Morgan fingerprint density at radius 2 is 2.17 bits per heavy atom. The van der Waals surface area contributed by atoms with E-state index >= 15 is 0 Å². The smallest absolute Gasteiger partial charge is 0.408 e. The fourth-order valence-electron chi connectivity index (χ4n) is 2.25. The van der Waals surface area contributed by atoms with Crippen LogP contribution in [0.15, 0.2) is 10.6 Å². The van der Waals surface area contributed by atoms with Gasteiger partial charge in [0.1, 0.15) is 11.6 Å². The number of carbonyl (C=O) groups is 2. The molecule has 1 aliphatic heterocycles. The third kappa shape index (κ3) is 7.32. The number of halogens is 1. The Morgan fingerprint density at radius 3 is 2.70 bits per heavy atom. The lowest BCUT2D eigenvalue weighted by atomic mass is 10.1. The largest absolute Gasteiger partial charge is 0.480 e. The Balaban J connectivity index is 2.72. The molecule has 1 aliphatic rings. The van der Waals surface area contributed by atoms with Crippen molar-refractivity contribution in [3.8, 4) is 0 Å². The molecule has 0 fully saturated rings. The van der Waals surface area contributed by atoms with Crippen molar-refractivity contribution in [2.24, 2.45) is 0 Å². The maximum absolute atomic E-state index is 11.8. The fourth-order valence-corrected chi connectivity index (χ4v) is 2.76. The SMILES string of the molecule is COC[C@H]1CC=C(Br)CN1C[C@H](NC(=O)OC(C)(C)C)C(=O)O. The van der Waals surface area contributed by atoms with Crippen LogP contribution in [0, 0.1) is 0 Å². The Morgan fingerprint density at radius 1 is 1.52 bits per heavy atom. The molecule has 0 unspecified atom stereocenters. The van der Waals surface area contributed by atoms with E-state index in [1.807, 2.05) is 4.90 Å². The minimum Gasteiger partial charge on any atom is -0.480 e. The molecule has 0 bridgehead atoms. The lowest BCUT2D eigenvalue weighted by Gasteiger charge is -2.35. The van der Waals surface area contributed by atoms with Gasteiger partial charge in [0, 0.05) is 30.7 Å². The average molecular weight is 393 g/mol. The summed E-state index contributed by atoms with van der Waals surface area (Å²) in [4.78, 5) is 25.3. The van der Waals surface area contributed by atoms with E-state index < -0.39 is 23.7 Å². The van der Waals surface area contributed by atoms with Gasteiger partial charge in [0.05, 0.1) is 6.61 Å². The van der Waals surface area contributed by atoms with Crippen LogP contribution in [0.3, 0.4) is 0 Å². The van der Waals surface area contributed by atoms with Crippen LogP contribution in [-0.4, -0.2) is 66.6 Å². The highest BCUT2D eigenvalue weighted by atomic mass is 79.9. The molecule has 1 heterocycles. The molecule has 2 N–H and O–H groups in total. The molecule has 0 spiro atoms. The molecule has 0 aromatic heterocycles. The van der Waals surface area contributed by atoms with Crippen molar-refractivity contribution < 1.29 is 24.2 Å². The summed E-state index contributed by atoms with van der Waals surface area (Å²) in [5.74, 6) is -1.10. The molecular weight excluding hydrogens is 368 g/mol. The Kier molecular flexibility index (Phi) is 7.50. The van der Waals surface area contributed by atoms with E-state index in [1.54, 1.807) is 27.9 Å². The minimum absolute atomic E-state index is 0.0728. The van der Waals surface area contributed by atoms with Gasteiger partial charge >= 0.3 is 12.1 Å². The van der Waals surface area contributed by atoms with Gasteiger partial charge in [-0.25, -0.2) is 9.59 Å². The van der Waals surface area contributed by atoms with Crippen molar-refractivity contribution in [3.63, 3.8) is 0 Å². The van der Waals surface area contributed by atoms with Crippen molar-refractivity contribution in [3.05, 3.63) is 10.6 Å². The average Bonchev–Trinajstić information content (AvgIpc) is 2.39. The fraction of sp³-hybridized carbons (Fsp3) is 0.733. The van der Waals surface area contributed by atoms with Gasteiger partial charge in [0.15, 0.2) is 0 Å². The molecular formula is C15H25BrN2O5. The number of methoxy groups -OCH3 is 1. The first-order valence-electron chi connectivity index (χ1n) is 7.42. The molecule has 0 saturated heterocycles. The molecule has 0 aromatic rings. The maximum atomic E-state index is 11.8. The quantitative estimate of drug-likeness (QED) is 0.718. The third-order valence-corrected chi connectivity index (χ3v) is 3.82. The van der Waals surface area contributed by atoms with Crippen molar-refractivity contribution in [2.75, 3.05) is 26.8 Å². The molecule has 8 heteroatoms. The van der Waals surface area contributed by atoms with E-state index in [0.29, 0.717) is 13.2 Å². The summed E-state index contributed by atoms with van der Waals surface area (Å²) in [6.45, 7) is 6.42. The van der Waals surface area contributed by atoms with E-state index in [4.69, 9.17) is 9.47 Å². The normalized spacial score (nSPS) is 20.6. The zero-order valence-electron chi connectivity index (χ0n) is 14.0. The number of rotatable bonds is 6. The molecule has 1 amide bonds. The summed E-state index contributed by atoms with van der Waals surface area (Å²) in [6.07, 6.45) is 2.07. The number of carboxylic acid groups (broad SMARTS) is 1. The van der Waals surface area contributed by atoms with Gasteiger partial charge in [-0.1, -0.05) is 22.0 Å². The van der Waals surface area contributed by atoms with Crippen LogP contribution in [0.2, 0.25) is 0 Å². The van der Waals surface area contributed by atoms with Gasteiger partial charge in [0.2, 0.25) is 0 Å². The number of aliphatic carboxylic acids is 1. The number of hydrogen-bond donors (Lipinski definition) is 2. The van der Waals surface area contributed by atoms with Gasteiger partial charge in [-0.3, -0.25) is 4.90 Å². The number of carboxylic acids is 1. The van der Waals surface area contributed by atoms with Crippen molar-refractivity contribution in [1.29, 1.82) is 0 Å². The van der Waals surface area contributed by atoms with E-state index in [1.165, 1.54) is 0 Å². The molecule has 0 radical (unpaired) electrons. The van der Waals surface area contributed by atoms with Crippen LogP contribution in [0.25, 0.3) is 0 Å². The molecule has 1 rings (SSSR count). The maximum Gasteiger partial charge on any atom is 0.408 e. The number of ether oxygens (including phenoxy) is 2. The zero-order valence-corrected chi connectivity index (χ0v) is 15.6. The lowest BCUT2D eigenvalue weighted by molar-refractivity contribution is -0.140. The van der Waals surface area contributed by atoms with Gasteiger partial charge < -0.3 is 19.9 Å².